The highest BCUT2D eigenvalue weighted by molar-refractivity contribution is 6.32. The molecule has 2 rings (SSSR count). The molecule has 1 aliphatic rings. The summed E-state index contributed by atoms with van der Waals surface area (Å²) in [5.41, 5.74) is 0.391. The summed E-state index contributed by atoms with van der Waals surface area (Å²) in [6.07, 6.45) is 5.88. The summed E-state index contributed by atoms with van der Waals surface area (Å²) in [5.74, 6) is 1.94. The maximum atomic E-state index is 11.1. The molecule has 0 aromatic carbocycles. The fourth-order valence-electron chi connectivity index (χ4n) is 2.59. The molecule has 0 N–H and O–H groups in total. The van der Waals surface area contributed by atoms with Crippen LogP contribution in [0, 0.1) is 12.8 Å². The van der Waals surface area contributed by atoms with Gasteiger partial charge >= 0.3 is 0 Å². The highest BCUT2D eigenvalue weighted by Gasteiger charge is 2.20. The number of carbonyl (C=O) groups is 1. The summed E-state index contributed by atoms with van der Waals surface area (Å²) >= 11 is 5.99. The van der Waals surface area contributed by atoms with Crippen molar-refractivity contribution in [3.05, 3.63) is 16.5 Å². The van der Waals surface area contributed by atoms with E-state index in [0.717, 1.165) is 12.8 Å². The number of hydrogen-bond acceptors (Lipinski definition) is 4. The number of nitrogens with zero attached hydrogens (tertiary/aromatic N) is 3. The molecule has 1 aliphatic carbocycles. The lowest BCUT2D eigenvalue weighted by molar-refractivity contribution is 0.112. The fourth-order valence-corrected chi connectivity index (χ4v) is 2.84. The van der Waals surface area contributed by atoms with Gasteiger partial charge in [0.15, 0.2) is 6.29 Å². The molecule has 98 valence electrons. The Labute approximate surface area is 112 Å². The lowest BCUT2D eigenvalue weighted by atomic mass is 10.1. The van der Waals surface area contributed by atoms with Crippen LogP contribution >= 0.6 is 11.6 Å². The summed E-state index contributed by atoms with van der Waals surface area (Å²) in [7, 11) is 1.96. The first-order valence-electron chi connectivity index (χ1n) is 6.32. The Morgan fingerprint density at radius 1 is 1.39 bits per heavy atom. The van der Waals surface area contributed by atoms with E-state index in [2.05, 4.69) is 9.97 Å². The number of halogens is 1. The Morgan fingerprint density at radius 3 is 2.67 bits per heavy atom. The molecule has 18 heavy (non-hydrogen) atoms. The summed E-state index contributed by atoms with van der Waals surface area (Å²) in [6.45, 7) is 2.71. The number of aldehydes is 1. The van der Waals surface area contributed by atoms with E-state index in [4.69, 9.17) is 11.6 Å². The normalized spacial score (nSPS) is 15.9. The third kappa shape index (κ3) is 2.80. The summed E-state index contributed by atoms with van der Waals surface area (Å²) in [6, 6.07) is 0. The van der Waals surface area contributed by atoms with Crippen LogP contribution in [0.3, 0.4) is 0 Å². The highest BCUT2D eigenvalue weighted by atomic mass is 35.5. The molecule has 0 atom stereocenters. The zero-order chi connectivity index (χ0) is 13.1. The van der Waals surface area contributed by atoms with Gasteiger partial charge in [-0.1, -0.05) is 24.4 Å². The third-order valence-corrected chi connectivity index (χ3v) is 3.77. The van der Waals surface area contributed by atoms with Crippen molar-refractivity contribution in [1.29, 1.82) is 0 Å². The molecule has 1 fully saturated rings. The van der Waals surface area contributed by atoms with Crippen LogP contribution in [0.25, 0.3) is 0 Å². The molecule has 0 bridgehead atoms. The predicted octanol–water partition coefficient (Wildman–Crippen LogP) is 2.88. The van der Waals surface area contributed by atoms with Crippen molar-refractivity contribution in [2.45, 2.75) is 32.6 Å². The van der Waals surface area contributed by atoms with Crippen molar-refractivity contribution in [2.24, 2.45) is 5.92 Å². The zero-order valence-electron chi connectivity index (χ0n) is 10.8. The first-order valence-corrected chi connectivity index (χ1v) is 6.70. The Balaban J connectivity index is 2.22. The minimum Gasteiger partial charge on any atom is -0.359 e. The monoisotopic (exact) mass is 267 g/mol. The molecule has 5 heteroatoms. The van der Waals surface area contributed by atoms with Crippen molar-refractivity contribution in [3.63, 3.8) is 0 Å². The van der Waals surface area contributed by atoms with Gasteiger partial charge in [-0.3, -0.25) is 4.79 Å². The van der Waals surface area contributed by atoms with Crippen LogP contribution in [0.5, 0.6) is 0 Å². The molecule has 4 nitrogen and oxygen atoms in total. The van der Waals surface area contributed by atoms with Crippen LogP contribution in [0.1, 0.15) is 41.9 Å². The zero-order valence-corrected chi connectivity index (χ0v) is 11.6. The van der Waals surface area contributed by atoms with E-state index in [1.807, 2.05) is 11.9 Å². The summed E-state index contributed by atoms with van der Waals surface area (Å²) in [5, 5.41) is 0.241. The number of aromatic nitrogens is 2. The van der Waals surface area contributed by atoms with Crippen molar-refractivity contribution in [2.75, 3.05) is 18.5 Å². The van der Waals surface area contributed by atoms with Crippen LogP contribution < -0.4 is 4.90 Å². The number of aryl methyl sites for hydroxylation is 1. The molecule has 1 aromatic heterocycles. The quantitative estimate of drug-likeness (QED) is 0.622. The smallest absolute Gasteiger partial charge is 0.156 e. The first kappa shape index (κ1) is 13.3. The van der Waals surface area contributed by atoms with Gasteiger partial charge in [0.2, 0.25) is 0 Å². The van der Waals surface area contributed by atoms with Gasteiger partial charge < -0.3 is 4.90 Å². The van der Waals surface area contributed by atoms with Gasteiger partial charge in [0.1, 0.15) is 16.8 Å². The van der Waals surface area contributed by atoms with Crippen LogP contribution in [-0.2, 0) is 0 Å². The van der Waals surface area contributed by atoms with Crippen LogP contribution in [0.2, 0.25) is 5.15 Å². The van der Waals surface area contributed by atoms with Crippen molar-refractivity contribution in [1.82, 2.24) is 9.97 Å². The molecule has 0 radical (unpaired) electrons. The molecular formula is C13H18ClN3O. The molecule has 0 saturated heterocycles. The van der Waals surface area contributed by atoms with Crippen LogP contribution in [-0.4, -0.2) is 29.8 Å². The first-order chi connectivity index (χ1) is 8.61. The highest BCUT2D eigenvalue weighted by Crippen LogP contribution is 2.28. The van der Waals surface area contributed by atoms with Crippen LogP contribution in [0.4, 0.5) is 5.82 Å². The number of rotatable bonds is 4. The summed E-state index contributed by atoms with van der Waals surface area (Å²) in [4.78, 5) is 21.5. The van der Waals surface area contributed by atoms with Gasteiger partial charge in [0, 0.05) is 13.6 Å². The lowest BCUT2D eigenvalue weighted by Crippen LogP contribution is -2.26. The second-order valence-corrected chi connectivity index (χ2v) is 5.31. The van der Waals surface area contributed by atoms with Gasteiger partial charge in [0.05, 0.1) is 5.56 Å². The van der Waals surface area contributed by atoms with E-state index in [0.29, 0.717) is 23.1 Å². The van der Waals surface area contributed by atoms with E-state index in [1.54, 1.807) is 6.92 Å². The second-order valence-electron chi connectivity index (χ2n) is 4.95. The lowest BCUT2D eigenvalue weighted by Gasteiger charge is -2.23. The van der Waals surface area contributed by atoms with Crippen molar-refractivity contribution < 1.29 is 4.79 Å². The minimum absolute atomic E-state index is 0.241. The van der Waals surface area contributed by atoms with Crippen molar-refractivity contribution in [3.8, 4) is 0 Å². The van der Waals surface area contributed by atoms with E-state index < -0.39 is 0 Å². The van der Waals surface area contributed by atoms with Gasteiger partial charge in [-0.05, 0) is 25.7 Å². The molecule has 0 amide bonds. The average Bonchev–Trinajstić information content (AvgIpc) is 2.80. The van der Waals surface area contributed by atoms with Crippen molar-refractivity contribution >= 4 is 23.7 Å². The van der Waals surface area contributed by atoms with E-state index in [9.17, 15) is 4.79 Å². The SMILES string of the molecule is Cc1nc(Cl)c(C=O)c(N(C)CC2CCCC2)n1. The average molecular weight is 268 g/mol. The molecule has 1 saturated carbocycles. The predicted molar refractivity (Wildman–Crippen MR) is 72.4 cm³/mol. The Bertz CT molecular complexity index is 444. The van der Waals surface area contributed by atoms with E-state index in [1.165, 1.54) is 25.7 Å². The van der Waals surface area contributed by atoms with E-state index in [-0.39, 0.29) is 5.15 Å². The standard InChI is InChI=1S/C13H18ClN3O/c1-9-15-12(14)11(8-18)13(16-9)17(2)7-10-5-3-4-6-10/h8,10H,3-7H2,1-2H3. The summed E-state index contributed by atoms with van der Waals surface area (Å²) < 4.78 is 0. The molecule has 0 unspecified atom stereocenters. The maximum absolute atomic E-state index is 11.1. The van der Waals surface area contributed by atoms with Crippen LogP contribution in [0.15, 0.2) is 0 Å². The molecule has 0 spiro atoms. The number of carbonyl (C=O) groups excluding carboxylic acids is 1. The van der Waals surface area contributed by atoms with Gasteiger partial charge in [-0.2, -0.15) is 0 Å². The molecule has 0 aliphatic heterocycles. The Kier molecular flexibility index (Phi) is 4.17. The topological polar surface area (TPSA) is 46.1 Å². The maximum Gasteiger partial charge on any atom is 0.156 e. The largest absolute Gasteiger partial charge is 0.359 e. The van der Waals surface area contributed by atoms with E-state index >= 15 is 0 Å². The fraction of sp³-hybridized carbons (Fsp3) is 0.615. The molecule has 1 heterocycles. The Morgan fingerprint density at radius 2 is 2.06 bits per heavy atom. The van der Waals surface area contributed by atoms with Gasteiger partial charge in [0.25, 0.3) is 0 Å². The minimum atomic E-state index is 0.241. The second kappa shape index (κ2) is 5.65. The van der Waals surface area contributed by atoms with Gasteiger partial charge in [-0.25, -0.2) is 9.97 Å². The molecule has 1 aromatic rings. The number of anilines is 1. The number of hydrogen-bond donors (Lipinski definition) is 0. The molecular weight excluding hydrogens is 250 g/mol. The van der Waals surface area contributed by atoms with Gasteiger partial charge in [-0.15, -0.1) is 0 Å². The third-order valence-electron chi connectivity index (χ3n) is 3.48. The Hall–Kier alpha value is -1.16.